The lowest BCUT2D eigenvalue weighted by molar-refractivity contribution is 0.790. The van der Waals surface area contributed by atoms with Crippen LogP contribution in [0.4, 0.5) is 0 Å². The smallest absolute Gasteiger partial charge is 0.0514 e. The molecule has 0 radical (unpaired) electrons. The summed E-state index contributed by atoms with van der Waals surface area (Å²) in [7, 11) is 0. The molecule has 0 bridgehead atoms. The Kier molecular flexibility index (Phi) is 2.82. The molecule has 4 nitrogen and oxygen atoms in total. The third-order valence-electron chi connectivity index (χ3n) is 0.782. The maximum Gasteiger partial charge on any atom is 0.0514 e. The summed E-state index contributed by atoms with van der Waals surface area (Å²) in [6, 6.07) is 7.18. The Labute approximate surface area is 58.3 Å². The van der Waals surface area contributed by atoms with E-state index in [0.717, 1.165) is 0 Å². The molecule has 1 rings (SSSR count). The average molecular weight is 134 g/mol. The van der Waals surface area contributed by atoms with Crippen molar-refractivity contribution >= 4 is 0 Å². The van der Waals surface area contributed by atoms with Crippen molar-refractivity contribution in [2.45, 2.75) is 0 Å². The number of nitrogens with zero attached hydrogens (tertiary/aromatic N) is 4. The van der Waals surface area contributed by atoms with E-state index in [1.54, 1.807) is 12.1 Å². The molecule has 0 fully saturated rings. The van der Waals surface area contributed by atoms with Crippen LogP contribution in [0.3, 0.4) is 0 Å². The summed E-state index contributed by atoms with van der Waals surface area (Å²) in [5.74, 6) is 0. The zero-order valence-corrected chi connectivity index (χ0v) is 5.25. The fraction of sp³-hybridized carbons (Fsp3) is 0. The number of hydrogen-bond acceptors (Lipinski definition) is 4. The molecule has 0 N–H and O–H groups in total. The second kappa shape index (κ2) is 4.31. The number of hydrogen-bond donors (Lipinski definition) is 0. The summed E-state index contributed by atoms with van der Waals surface area (Å²) in [4.78, 5) is 0. The summed E-state index contributed by atoms with van der Waals surface area (Å²) >= 11 is 0. The molecule has 0 aliphatic heterocycles. The molecule has 0 unspecified atom stereocenters. The van der Waals surface area contributed by atoms with Gasteiger partial charge in [0.25, 0.3) is 0 Å². The van der Waals surface area contributed by atoms with Crippen molar-refractivity contribution < 1.29 is 0 Å². The fourth-order valence-corrected chi connectivity index (χ4v) is 0.410. The van der Waals surface area contributed by atoms with Gasteiger partial charge in [-0.3, -0.25) is 0 Å². The van der Waals surface area contributed by atoms with Gasteiger partial charge in [0.1, 0.15) is 0 Å². The highest BCUT2D eigenvalue weighted by atomic mass is 15.4. The van der Waals surface area contributed by atoms with Gasteiger partial charge in [-0.15, -0.1) is 10.2 Å². The van der Waals surface area contributed by atoms with Crippen molar-refractivity contribution in [2.24, 2.45) is 0 Å². The van der Waals surface area contributed by atoms with Gasteiger partial charge in [0.05, 0.1) is 12.4 Å². The molecule has 1 aromatic rings. The standard InChI is InChI=1S/C6H6N4/c1-2-4-6-8-10-9-7-5-3-1/h1-6H. The van der Waals surface area contributed by atoms with Crippen LogP contribution >= 0.6 is 0 Å². The van der Waals surface area contributed by atoms with E-state index in [0.29, 0.717) is 0 Å². The first-order valence-corrected chi connectivity index (χ1v) is 2.78. The van der Waals surface area contributed by atoms with Gasteiger partial charge in [-0.25, -0.2) is 0 Å². The highest BCUT2D eigenvalue weighted by Gasteiger charge is 1.60. The molecular formula is C6H6N4. The van der Waals surface area contributed by atoms with Gasteiger partial charge in [-0.1, -0.05) is 12.1 Å². The van der Waals surface area contributed by atoms with E-state index in [1.165, 1.54) is 12.4 Å². The van der Waals surface area contributed by atoms with Crippen LogP contribution in [0.5, 0.6) is 0 Å². The molecule has 0 spiro atoms. The van der Waals surface area contributed by atoms with Crippen LogP contribution in [0.1, 0.15) is 0 Å². The lowest BCUT2D eigenvalue weighted by atomic mass is 10.5. The van der Waals surface area contributed by atoms with Gasteiger partial charge in [-0.05, 0) is 22.6 Å². The van der Waals surface area contributed by atoms with E-state index in [9.17, 15) is 0 Å². The zero-order chi connectivity index (χ0) is 7.07. The SMILES string of the molecule is c1cccnnnncc1. The van der Waals surface area contributed by atoms with Gasteiger partial charge in [0.2, 0.25) is 0 Å². The highest BCUT2D eigenvalue weighted by molar-refractivity contribution is 4.86. The number of rotatable bonds is 0. The van der Waals surface area contributed by atoms with Gasteiger partial charge < -0.3 is 0 Å². The third-order valence-corrected chi connectivity index (χ3v) is 0.782. The Bertz CT molecular complexity index is 149. The summed E-state index contributed by atoms with van der Waals surface area (Å²) < 4.78 is 0. The molecule has 50 valence electrons. The lowest BCUT2D eigenvalue weighted by Crippen LogP contribution is -1.79. The van der Waals surface area contributed by atoms with Crippen molar-refractivity contribution in [1.82, 2.24) is 20.6 Å². The van der Waals surface area contributed by atoms with Gasteiger partial charge >= 0.3 is 0 Å². The summed E-state index contributed by atoms with van der Waals surface area (Å²) in [6.07, 6.45) is 3.07. The largest absolute Gasteiger partial charge is 0.137 e. The first-order valence-electron chi connectivity index (χ1n) is 2.78. The fourth-order valence-electron chi connectivity index (χ4n) is 0.410. The van der Waals surface area contributed by atoms with E-state index in [1.807, 2.05) is 12.1 Å². The monoisotopic (exact) mass is 134 g/mol. The van der Waals surface area contributed by atoms with Gasteiger partial charge in [0.15, 0.2) is 0 Å². The molecule has 0 saturated carbocycles. The second-order valence-corrected chi connectivity index (χ2v) is 1.48. The van der Waals surface area contributed by atoms with E-state index < -0.39 is 0 Å². The van der Waals surface area contributed by atoms with Crippen molar-refractivity contribution in [3.63, 3.8) is 0 Å². The topological polar surface area (TPSA) is 51.6 Å². The van der Waals surface area contributed by atoms with Crippen LogP contribution in [0.2, 0.25) is 0 Å². The molecule has 0 atom stereocenters. The van der Waals surface area contributed by atoms with Crippen molar-refractivity contribution in [2.75, 3.05) is 0 Å². The molecule has 4 heteroatoms. The molecule has 1 aromatic heterocycles. The second-order valence-electron chi connectivity index (χ2n) is 1.48. The molecule has 0 aliphatic carbocycles. The minimum Gasteiger partial charge on any atom is -0.137 e. The predicted molar refractivity (Wildman–Crippen MR) is 35.3 cm³/mol. The predicted octanol–water partition coefficient (Wildman–Crippen LogP) is 0.391. The lowest BCUT2D eigenvalue weighted by Gasteiger charge is -1.68. The third kappa shape index (κ3) is 2.66. The van der Waals surface area contributed by atoms with Crippen molar-refractivity contribution in [1.29, 1.82) is 0 Å². The summed E-state index contributed by atoms with van der Waals surface area (Å²) in [5.41, 5.74) is 0. The Hall–Kier alpha value is -1.58. The Balaban J connectivity index is 3.00. The molecular weight excluding hydrogens is 128 g/mol. The first-order chi connectivity index (χ1) is 5.00. The van der Waals surface area contributed by atoms with Crippen molar-refractivity contribution in [3.05, 3.63) is 36.7 Å². The maximum absolute atomic E-state index is 3.53. The van der Waals surface area contributed by atoms with Crippen LogP contribution < -0.4 is 0 Å². The normalized spacial score (nSPS) is 8.00. The van der Waals surface area contributed by atoms with Crippen LogP contribution in [0.25, 0.3) is 0 Å². The molecule has 0 aliphatic rings. The summed E-state index contributed by atoms with van der Waals surface area (Å²) in [5, 5.41) is 13.8. The van der Waals surface area contributed by atoms with E-state index in [2.05, 4.69) is 20.6 Å². The quantitative estimate of drug-likeness (QED) is 0.515. The number of aromatic nitrogens is 4. The first kappa shape index (κ1) is 6.54. The van der Waals surface area contributed by atoms with E-state index in [4.69, 9.17) is 0 Å². The molecule has 0 aromatic carbocycles. The summed E-state index contributed by atoms with van der Waals surface area (Å²) in [6.45, 7) is 0. The van der Waals surface area contributed by atoms with Crippen LogP contribution in [-0.4, -0.2) is 20.6 Å². The molecule has 0 saturated heterocycles. The minimum atomic E-state index is 1.54. The van der Waals surface area contributed by atoms with Gasteiger partial charge in [0, 0.05) is 0 Å². The van der Waals surface area contributed by atoms with Crippen LogP contribution in [-0.2, 0) is 0 Å². The Morgan fingerprint density at radius 2 is 1.10 bits per heavy atom. The average Bonchev–Trinajstić information content (AvgIpc) is 2.01. The van der Waals surface area contributed by atoms with Crippen LogP contribution in [0.15, 0.2) is 36.7 Å². The molecule has 0 amide bonds. The minimum absolute atomic E-state index is 1.54. The molecule has 10 heavy (non-hydrogen) atoms. The van der Waals surface area contributed by atoms with Crippen LogP contribution in [0, 0.1) is 0 Å². The van der Waals surface area contributed by atoms with Crippen molar-refractivity contribution in [3.8, 4) is 0 Å². The van der Waals surface area contributed by atoms with E-state index >= 15 is 0 Å². The maximum atomic E-state index is 3.53. The Morgan fingerprint density at radius 3 is 1.60 bits per heavy atom. The Morgan fingerprint density at radius 1 is 0.600 bits per heavy atom. The highest BCUT2D eigenvalue weighted by Crippen LogP contribution is 1.70. The molecule has 1 heterocycles. The van der Waals surface area contributed by atoms with E-state index in [-0.39, 0.29) is 0 Å². The zero-order valence-electron chi connectivity index (χ0n) is 5.25. The van der Waals surface area contributed by atoms with Gasteiger partial charge in [-0.2, -0.15) is 0 Å².